The van der Waals surface area contributed by atoms with Crippen molar-refractivity contribution in [2.24, 2.45) is 0 Å². The summed E-state index contributed by atoms with van der Waals surface area (Å²) in [6.45, 7) is 1.98. The number of aromatic nitrogens is 4. The van der Waals surface area contributed by atoms with Crippen LogP contribution in [0.2, 0.25) is 0 Å². The average Bonchev–Trinajstić information content (AvgIpc) is 3.36. The lowest BCUT2D eigenvalue weighted by Gasteiger charge is -2.09. The molecule has 2 aromatic heterocycles. The molecule has 0 aliphatic heterocycles. The van der Waals surface area contributed by atoms with Crippen LogP contribution >= 0.6 is 11.8 Å². The van der Waals surface area contributed by atoms with E-state index in [2.05, 4.69) is 38.6 Å². The Morgan fingerprint density at radius 3 is 2.58 bits per heavy atom. The summed E-state index contributed by atoms with van der Waals surface area (Å²) in [6, 6.07) is 21.6. The van der Waals surface area contributed by atoms with Crippen molar-refractivity contribution in [3.63, 3.8) is 0 Å². The highest BCUT2D eigenvalue weighted by Crippen LogP contribution is 2.22. The van der Waals surface area contributed by atoms with E-state index < -0.39 is 0 Å². The highest BCUT2D eigenvalue weighted by molar-refractivity contribution is 7.99. The topological polar surface area (TPSA) is 99.4 Å². The van der Waals surface area contributed by atoms with E-state index in [0.29, 0.717) is 16.5 Å². The standard InChI is InChI=1S/C23H20N6OS/c1-16-20(12-17-8-4-2-5-9-17)27-23(26-16)31-15-21(30)28-22-18(13-24)14-25-29(22)19-10-6-3-7-11-19/h2-11,14H,12,15H2,1H3,(H,26,27)(H,28,30). The van der Waals surface area contributed by atoms with Crippen molar-refractivity contribution in [2.45, 2.75) is 18.5 Å². The summed E-state index contributed by atoms with van der Waals surface area (Å²) < 4.78 is 1.55. The predicted octanol–water partition coefficient (Wildman–Crippen LogP) is 4.10. The van der Waals surface area contributed by atoms with Crippen LogP contribution in [0.25, 0.3) is 5.69 Å². The monoisotopic (exact) mass is 428 g/mol. The molecule has 1 amide bonds. The molecule has 0 fully saturated rings. The Bertz CT molecular complexity index is 1220. The fourth-order valence-electron chi connectivity index (χ4n) is 3.11. The first-order valence-corrected chi connectivity index (χ1v) is 10.7. The number of hydrogen-bond acceptors (Lipinski definition) is 5. The molecule has 4 rings (SSSR count). The van der Waals surface area contributed by atoms with Crippen molar-refractivity contribution in [1.82, 2.24) is 19.7 Å². The van der Waals surface area contributed by atoms with Gasteiger partial charge in [0.1, 0.15) is 11.6 Å². The number of benzene rings is 2. The van der Waals surface area contributed by atoms with Crippen molar-refractivity contribution in [3.05, 3.63) is 89.4 Å². The van der Waals surface area contributed by atoms with E-state index in [9.17, 15) is 10.1 Å². The summed E-state index contributed by atoms with van der Waals surface area (Å²) in [5.41, 5.74) is 4.20. The average molecular weight is 429 g/mol. The lowest BCUT2D eigenvalue weighted by atomic mass is 10.1. The molecule has 0 spiro atoms. The number of hydrogen-bond donors (Lipinski definition) is 2. The number of H-pyrrole nitrogens is 1. The Balaban J connectivity index is 1.42. The highest BCUT2D eigenvalue weighted by atomic mass is 32.2. The quantitative estimate of drug-likeness (QED) is 0.432. The number of para-hydroxylation sites is 1. The van der Waals surface area contributed by atoms with E-state index in [-0.39, 0.29) is 11.7 Å². The fourth-order valence-corrected chi connectivity index (χ4v) is 3.85. The third-order valence-corrected chi connectivity index (χ3v) is 5.54. The minimum Gasteiger partial charge on any atom is -0.337 e. The maximum atomic E-state index is 12.6. The Hall–Kier alpha value is -3.83. The number of thioether (sulfide) groups is 1. The Kier molecular flexibility index (Phi) is 6.15. The molecule has 2 N–H and O–H groups in total. The normalized spacial score (nSPS) is 10.6. The molecular formula is C23H20N6OS. The number of aromatic amines is 1. The summed E-state index contributed by atoms with van der Waals surface area (Å²) in [5, 5.41) is 17.1. The molecular weight excluding hydrogens is 408 g/mol. The van der Waals surface area contributed by atoms with Crippen LogP contribution in [0, 0.1) is 18.3 Å². The van der Waals surface area contributed by atoms with E-state index in [1.54, 1.807) is 4.68 Å². The Morgan fingerprint density at radius 1 is 1.16 bits per heavy atom. The van der Waals surface area contributed by atoms with Crippen LogP contribution in [0.1, 0.15) is 22.5 Å². The first-order chi connectivity index (χ1) is 15.1. The van der Waals surface area contributed by atoms with Crippen molar-refractivity contribution in [1.29, 1.82) is 5.26 Å². The first-order valence-electron chi connectivity index (χ1n) is 9.69. The van der Waals surface area contributed by atoms with Gasteiger partial charge in [-0.1, -0.05) is 60.3 Å². The molecule has 2 aromatic carbocycles. The third kappa shape index (κ3) is 4.85. The zero-order chi connectivity index (χ0) is 21.6. The van der Waals surface area contributed by atoms with Gasteiger partial charge in [0.2, 0.25) is 5.91 Å². The molecule has 31 heavy (non-hydrogen) atoms. The molecule has 0 bridgehead atoms. The minimum atomic E-state index is -0.238. The van der Waals surface area contributed by atoms with Crippen LogP contribution in [0.15, 0.2) is 72.0 Å². The van der Waals surface area contributed by atoms with Gasteiger partial charge in [-0.25, -0.2) is 9.67 Å². The van der Waals surface area contributed by atoms with Crippen molar-refractivity contribution < 1.29 is 4.79 Å². The number of amides is 1. The molecule has 0 aliphatic rings. The fraction of sp³-hybridized carbons (Fsp3) is 0.130. The van der Waals surface area contributed by atoms with Crippen molar-refractivity contribution in [3.8, 4) is 11.8 Å². The lowest BCUT2D eigenvalue weighted by molar-refractivity contribution is -0.113. The molecule has 0 unspecified atom stereocenters. The molecule has 0 saturated heterocycles. The van der Waals surface area contributed by atoms with E-state index in [1.807, 2.05) is 55.5 Å². The van der Waals surface area contributed by atoms with Gasteiger partial charge in [-0.3, -0.25) is 4.79 Å². The minimum absolute atomic E-state index is 0.155. The second-order valence-electron chi connectivity index (χ2n) is 6.88. The number of anilines is 1. The van der Waals surface area contributed by atoms with Gasteiger partial charge >= 0.3 is 0 Å². The Labute approximate surface area is 184 Å². The molecule has 0 radical (unpaired) electrons. The lowest BCUT2D eigenvalue weighted by Crippen LogP contribution is -2.17. The van der Waals surface area contributed by atoms with Crippen LogP contribution in [0.3, 0.4) is 0 Å². The molecule has 0 aliphatic carbocycles. The molecule has 2 heterocycles. The smallest absolute Gasteiger partial charge is 0.236 e. The number of nitrogens with zero attached hydrogens (tertiary/aromatic N) is 4. The van der Waals surface area contributed by atoms with Gasteiger partial charge in [0.05, 0.1) is 23.3 Å². The predicted molar refractivity (Wildman–Crippen MR) is 120 cm³/mol. The zero-order valence-electron chi connectivity index (χ0n) is 16.9. The maximum absolute atomic E-state index is 12.6. The number of imidazole rings is 1. The summed E-state index contributed by atoms with van der Waals surface area (Å²) >= 11 is 1.32. The van der Waals surface area contributed by atoms with Crippen LogP contribution < -0.4 is 5.32 Å². The van der Waals surface area contributed by atoms with E-state index >= 15 is 0 Å². The zero-order valence-corrected chi connectivity index (χ0v) is 17.7. The highest BCUT2D eigenvalue weighted by Gasteiger charge is 2.16. The largest absolute Gasteiger partial charge is 0.337 e. The number of nitriles is 1. The number of carbonyl (C=O) groups excluding carboxylic acids is 1. The van der Waals surface area contributed by atoms with Crippen LogP contribution in [0.4, 0.5) is 5.82 Å². The number of aryl methyl sites for hydroxylation is 1. The molecule has 154 valence electrons. The van der Waals surface area contributed by atoms with Gasteiger partial charge in [0, 0.05) is 12.1 Å². The molecule has 7 nitrogen and oxygen atoms in total. The molecule has 4 aromatic rings. The van der Waals surface area contributed by atoms with Gasteiger partial charge in [0.15, 0.2) is 11.0 Å². The van der Waals surface area contributed by atoms with Gasteiger partial charge in [-0.15, -0.1) is 0 Å². The maximum Gasteiger partial charge on any atom is 0.236 e. The van der Waals surface area contributed by atoms with Crippen LogP contribution in [-0.2, 0) is 11.2 Å². The van der Waals surface area contributed by atoms with Gasteiger partial charge < -0.3 is 10.3 Å². The van der Waals surface area contributed by atoms with Gasteiger partial charge in [-0.2, -0.15) is 10.4 Å². The SMILES string of the molecule is Cc1[nH]c(SCC(=O)Nc2c(C#N)cnn2-c2ccccc2)nc1Cc1ccccc1. The van der Waals surface area contributed by atoms with Gasteiger partial charge in [0.25, 0.3) is 0 Å². The summed E-state index contributed by atoms with van der Waals surface area (Å²) in [6.07, 6.45) is 2.18. The molecule has 0 saturated carbocycles. The molecule has 8 heteroatoms. The van der Waals surface area contributed by atoms with E-state index in [4.69, 9.17) is 0 Å². The van der Waals surface area contributed by atoms with Crippen LogP contribution in [-0.4, -0.2) is 31.4 Å². The first kappa shape index (κ1) is 20.4. The molecule has 0 atom stereocenters. The number of nitrogens with one attached hydrogen (secondary N) is 2. The summed E-state index contributed by atoms with van der Waals surface area (Å²) in [5.74, 6) is 0.278. The van der Waals surface area contributed by atoms with E-state index in [1.165, 1.54) is 23.5 Å². The number of rotatable bonds is 7. The number of carbonyl (C=O) groups is 1. The third-order valence-electron chi connectivity index (χ3n) is 4.67. The van der Waals surface area contributed by atoms with Gasteiger partial charge in [-0.05, 0) is 24.6 Å². The summed E-state index contributed by atoms with van der Waals surface area (Å²) in [4.78, 5) is 20.5. The Morgan fingerprint density at radius 2 is 1.87 bits per heavy atom. The second-order valence-corrected chi connectivity index (χ2v) is 7.84. The van der Waals surface area contributed by atoms with Crippen LogP contribution in [0.5, 0.6) is 0 Å². The van der Waals surface area contributed by atoms with E-state index in [0.717, 1.165) is 23.5 Å². The van der Waals surface area contributed by atoms with Crippen molar-refractivity contribution >= 4 is 23.5 Å². The summed E-state index contributed by atoms with van der Waals surface area (Å²) in [7, 11) is 0. The second kappa shape index (κ2) is 9.32. The van der Waals surface area contributed by atoms with Crippen molar-refractivity contribution in [2.75, 3.05) is 11.1 Å².